The number of carbonyl (C=O) groups excluding carboxylic acids is 1. The van der Waals surface area contributed by atoms with Gasteiger partial charge in [0.05, 0.1) is 12.5 Å². The maximum absolute atomic E-state index is 12.0. The molecule has 0 fully saturated rings. The topological polar surface area (TPSA) is 46.3 Å². The normalized spacial score (nSPS) is 12.3. The molecule has 0 heterocycles. The molecular weight excluding hydrogens is 188 g/mol. The second-order valence-corrected chi connectivity index (χ2v) is 4.05. The fourth-order valence-corrected chi connectivity index (χ4v) is 1.54. The molecule has 0 aromatic heterocycles. The van der Waals surface area contributed by atoms with E-state index in [4.69, 9.17) is 12.2 Å². The van der Waals surface area contributed by atoms with E-state index in [2.05, 4.69) is 5.92 Å². The van der Waals surface area contributed by atoms with Crippen LogP contribution >= 0.6 is 0 Å². The molecule has 0 saturated carbocycles. The van der Waals surface area contributed by atoms with Crippen LogP contribution < -0.4 is 5.73 Å². The summed E-state index contributed by atoms with van der Waals surface area (Å²) in [6.07, 6.45) is 6.16. The number of amides is 1. The molecule has 0 aromatic carbocycles. The van der Waals surface area contributed by atoms with Crippen molar-refractivity contribution < 1.29 is 4.79 Å². The lowest BCUT2D eigenvalue weighted by atomic mass is 9.94. The molecule has 1 amide bonds. The number of carbonyl (C=O) groups is 1. The van der Waals surface area contributed by atoms with Crippen molar-refractivity contribution in [2.45, 2.75) is 27.2 Å². The zero-order chi connectivity index (χ0) is 11.8. The maximum atomic E-state index is 12.0. The van der Waals surface area contributed by atoms with Crippen LogP contribution in [0.15, 0.2) is 0 Å². The van der Waals surface area contributed by atoms with Crippen molar-refractivity contribution in [2.75, 3.05) is 19.6 Å². The van der Waals surface area contributed by atoms with Gasteiger partial charge < -0.3 is 10.6 Å². The summed E-state index contributed by atoms with van der Waals surface area (Å²) >= 11 is 0. The Kier molecular flexibility index (Phi) is 6.81. The summed E-state index contributed by atoms with van der Waals surface area (Å²) < 4.78 is 0. The summed E-state index contributed by atoms with van der Waals surface area (Å²) in [5.74, 6) is 2.76. The molecule has 0 aromatic rings. The molecule has 0 spiro atoms. The van der Waals surface area contributed by atoms with Crippen molar-refractivity contribution in [3.05, 3.63) is 0 Å². The summed E-state index contributed by atoms with van der Waals surface area (Å²) in [4.78, 5) is 13.8. The van der Waals surface area contributed by atoms with Crippen molar-refractivity contribution >= 4 is 5.91 Å². The molecular formula is C12H22N2O. The molecule has 0 aliphatic heterocycles. The molecule has 15 heavy (non-hydrogen) atoms. The second kappa shape index (κ2) is 7.30. The lowest BCUT2D eigenvalue weighted by molar-refractivity contribution is -0.136. The third kappa shape index (κ3) is 4.35. The fourth-order valence-electron chi connectivity index (χ4n) is 1.54. The van der Waals surface area contributed by atoms with Crippen LogP contribution in [0.25, 0.3) is 0 Å². The maximum Gasteiger partial charge on any atom is 0.228 e. The van der Waals surface area contributed by atoms with Gasteiger partial charge in [-0.3, -0.25) is 4.79 Å². The largest absolute Gasteiger partial charge is 0.331 e. The average Bonchev–Trinajstić information content (AvgIpc) is 2.17. The highest BCUT2D eigenvalue weighted by atomic mass is 16.2. The van der Waals surface area contributed by atoms with Gasteiger partial charge in [0, 0.05) is 13.1 Å². The van der Waals surface area contributed by atoms with Crippen LogP contribution in [0.3, 0.4) is 0 Å². The quantitative estimate of drug-likeness (QED) is 0.667. The summed E-state index contributed by atoms with van der Waals surface area (Å²) in [5.41, 5.74) is 5.61. The smallest absolute Gasteiger partial charge is 0.228 e. The van der Waals surface area contributed by atoms with Gasteiger partial charge in [-0.15, -0.1) is 6.42 Å². The van der Waals surface area contributed by atoms with E-state index in [9.17, 15) is 4.79 Å². The average molecular weight is 210 g/mol. The summed E-state index contributed by atoms with van der Waals surface area (Å²) in [5, 5.41) is 0. The molecule has 0 saturated heterocycles. The second-order valence-electron chi connectivity index (χ2n) is 4.05. The standard InChI is InChI=1S/C12H22N2O/c1-5-7-14(8-6-2)12(15)11(9-13)10(3)4/h1,10-11H,6-9,13H2,2-4H3. The number of hydrogen-bond acceptors (Lipinski definition) is 2. The van der Waals surface area contributed by atoms with E-state index in [0.29, 0.717) is 19.6 Å². The predicted molar refractivity (Wildman–Crippen MR) is 63.1 cm³/mol. The van der Waals surface area contributed by atoms with E-state index >= 15 is 0 Å². The highest BCUT2D eigenvalue weighted by Gasteiger charge is 2.24. The van der Waals surface area contributed by atoms with E-state index in [1.165, 1.54) is 0 Å². The number of hydrogen-bond donors (Lipinski definition) is 1. The molecule has 3 heteroatoms. The van der Waals surface area contributed by atoms with Gasteiger partial charge in [-0.2, -0.15) is 0 Å². The van der Waals surface area contributed by atoms with Gasteiger partial charge in [-0.25, -0.2) is 0 Å². The first kappa shape index (κ1) is 14.0. The number of terminal acetylenes is 1. The Morgan fingerprint density at radius 3 is 2.47 bits per heavy atom. The SMILES string of the molecule is C#CCN(CCC)C(=O)C(CN)C(C)C. The van der Waals surface area contributed by atoms with Crippen molar-refractivity contribution in [1.29, 1.82) is 0 Å². The molecule has 86 valence electrons. The Balaban J connectivity index is 4.53. The van der Waals surface area contributed by atoms with Crippen LogP contribution in [0, 0.1) is 24.2 Å². The van der Waals surface area contributed by atoms with Gasteiger partial charge in [0.15, 0.2) is 0 Å². The van der Waals surface area contributed by atoms with E-state index in [1.807, 2.05) is 20.8 Å². The predicted octanol–water partition coefficient (Wildman–Crippen LogP) is 1.09. The Morgan fingerprint density at radius 1 is 1.53 bits per heavy atom. The minimum atomic E-state index is -0.107. The van der Waals surface area contributed by atoms with Gasteiger partial charge in [0.2, 0.25) is 5.91 Å². The van der Waals surface area contributed by atoms with Crippen LogP contribution in [-0.4, -0.2) is 30.4 Å². The van der Waals surface area contributed by atoms with Crippen LogP contribution in [0.5, 0.6) is 0 Å². The molecule has 0 aliphatic rings. The highest BCUT2D eigenvalue weighted by Crippen LogP contribution is 2.13. The first-order valence-electron chi connectivity index (χ1n) is 5.50. The van der Waals surface area contributed by atoms with Gasteiger partial charge in [-0.1, -0.05) is 26.7 Å². The molecule has 1 atom stereocenters. The van der Waals surface area contributed by atoms with E-state index < -0.39 is 0 Å². The zero-order valence-electron chi connectivity index (χ0n) is 9.99. The lowest BCUT2D eigenvalue weighted by Crippen LogP contribution is -2.42. The van der Waals surface area contributed by atoms with Crippen molar-refractivity contribution in [2.24, 2.45) is 17.6 Å². The molecule has 1 unspecified atom stereocenters. The third-order valence-corrected chi connectivity index (χ3v) is 2.46. The van der Waals surface area contributed by atoms with Gasteiger partial charge >= 0.3 is 0 Å². The van der Waals surface area contributed by atoms with Crippen LogP contribution in [0.1, 0.15) is 27.2 Å². The number of rotatable bonds is 6. The minimum Gasteiger partial charge on any atom is -0.331 e. The summed E-state index contributed by atoms with van der Waals surface area (Å²) in [7, 11) is 0. The Hall–Kier alpha value is -1.01. The van der Waals surface area contributed by atoms with Gasteiger partial charge in [0.1, 0.15) is 0 Å². The Bertz CT molecular complexity index is 230. The van der Waals surface area contributed by atoms with E-state index in [1.54, 1.807) is 4.90 Å². The van der Waals surface area contributed by atoms with E-state index in [0.717, 1.165) is 6.42 Å². The lowest BCUT2D eigenvalue weighted by Gasteiger charge is -2.26. The Labute approximate surface area is 93.0 Å². The van der Waals surface area contributed by atoms with Crippen LogP contribution in [0.4, 0.5) is 0 Å². The fraction of sp³-hybridized carbons (Fsp3) is 0.750. The van der Waals surface area contributed by atoms with Crippen molar-refractivity contribution in [1.82, 2.24) is 4.90 Å². The highest BCUT2D eigenvalue weighted by molar-refractivity contribution is 5.79. The number of nitrogens with zero attached hydrogens (tertiary/aromatic N) is 1. The first-order valence-corrected chi connectivity index (χ1v) is 5.50. The zero-order valence-corrected chi connectivity index (χ0v) is 9.99. The van der Waals surface area contributed by atoms with E-state index in [-0.39, 0.29) is 17.7 Å². The monoisotopic (exact) mass is 210 g/mol. The minimum absolute atomic E-state index is 0.0901. The molecule has 2 N–H and O–H groups in total. The third-order valence-electron chi connectivity index (χ3n) is 2.46. The van der Waals surface area contributed by atoms with Crippen LogP contribution in [0.2, 0.25) is 0 Å². The van der Waals surface area contributed by atoms with Gasteiger partial charge in [-0.05, 0) is 12.3 Å². The molecule has 0 radical (unpaired) electrons. The molecule has 0 aliphatic carbocycles. The summed E-state index contributed by atoms with van der Waals surface area (Å²) in [6, 6.07) is 0. The summed E-state index contributed by atoms with van der Waals surface area (Å²) in [6.45, 7) is 7.54. The van der Waals surface area contributed by atoms with Crippen LogP contribution in [-0.2, 0) is 4.79 Å². The number of nitrogens with two attached hydrogens (primary N) is 1. The molecule has 0 rings (SSSR count). The first-order chi connectivity index (χ1) is 7.08. The Morgan fingerprint density at radius 2 is 2.13 bits per heavy atom. The molecule has 0 bridgehead atoms. The van der Waals surface area contributed by atoms with Crippen molar-refractivity contribution in [3.8, 4) is 12.3 Å². The van der Waals surface area contributed by atoms with Gasteiger partial charge in [0.25, 0.3) is 0 Å². The molecule has 3 nitrogen and oxygen atoms in total. The van der Waals surface area contributed by atoms with Crippen molar-refractivity contribution in [3.63, 3.8) is 0 Å².